The van der Waals surface area contributed by atoms with E-state index in [-0.39, 0.29) is 12.1 Å². The van der Waals surface area contributed by atoms with Gasteiger partial charge in [0.25, 0.3) is 0 Å². The molecule has 0 aromatic heterocycles. The number of hydrogen-bond donors (Lipinski definition) is 0. The molecule has 0 aliphatic carbocycles. The van der Waals surface area contributed by atoms with Crippen LogP contribution in [0.4, 0.5) is 0 Å². The lowest BCUT2D eigenvalue weighted by Gasteiger charge is -2.19. The topological polar surface area (TPSA) is 68.1 Å². The molecule has 1 heterocycles. The summed E-state index contributed by atoms with van der Waals surface area (Å²) in [5.74, 6) is 0. The minimum atomic E-state index is -0.378. The van der Waals surface area contributed by atoms with Gasteiger partial charge >= 0.3 is 0 Å². The van der Waals surface area contributed by atoms with Gasteiger partial charge in [-0.1, -0.05) is 10.4 Å². The van der Waals surface area contributed by atoms with Crippen LogP contribution in [-0.2, 0) is 4.74 Å². The third-order valence-corrected chi connectivity index (χ3v) is 1.46. The monoisotopic (exact) mass is 144 g/mol. The van der Waals surface area contributed by atoms with Crippen LogP contribution >= 0.6 is 0 Å². The Kier molecular flexibility index (Phi) is 2.44. The molecule has 0 saturated carbocycles. The molecule has 1 aliphatic heterocycles. The Labute approximate surface area is 57.7 Å². The molecule has 1 saturated heterocycles. The number of nitroso groups, excluding NO2 is 2. The van der Waals surface area contributed by atoms with Crippen molar-refractivity contribution in [1.29, 1.82) is 0 Å². The lowest BCUT2D eigenvalue weighted by Crippen LogP contribution is -2.30. The fourth-order valence-corrected chi connectivity index (χ4v) is 0.937. The predicted octanol–water partition coefficient (Wildman–Crippen LogP) is 0.677. The number of rotatable bonds is 2. The summed E-state index contributed by atoms with van der Waals surface area (Å²) < 4.78 is 4.89. The average Bonchev–Trinajstić information content (AvgIpc) is 2.05. The first kappa shape index (κ1) is 7.27. The smallest absolute Gasteiger partial charge is 0.117 e. The van der Waals surface area contributed by atoms with Gasteiger partial charge in [0.2, 0.25) is 0 Å². The fourth-order valence-electron chi connectivity index (χ4n) is 0.937. The highest BCUT2D eigenvalue weighted by Gasteiger charge is 2.23. The molecule has 0 N–H and O–H groups in total. The van der Waals surface area contributed by atoms with E-state index in [1.807, 2.05) is 0 Å². The summed E-state index contributed by atoms with van der Waals surface area (Å²) in [5, 5.41) is 5.54. The normalized spacial score (nSPS) is 33.2. The van der Waals surface area contributed by atoms with Crippen LogP contribution in [0.2, 0.25) is 0 Å². The maximum atomic E-state index is 9.95. The van der Waals surface area contributed by atoms with Gasteiger partial charge in [-0.05, 0) is 0 Å². The van der Waals surface area contributed by atoms with E-state index in [0.717, 1.165) is 0 Å². The zero-order chi connectivity index (χ0) is 7.40. The Morgan fingerprint density at radius 3 is 2.00 bits per heavy atom. The summed E-state index contributed by atoms with van der Waals surface area (Å²) in [6, 6.07) is -0.757. The lowest BCUT2D eigenvalue weighted by atomic mass is 10.1. The summed E-state index contributed by atoms with van der Waals surface area (Å²) >= 11 is 0. The zero-order valence-electron chi connectivity index (χ0n) is 5.40. The number of hydrogen-bond acceptors (Lipinski definition) is 5. The molecule has 0 aromatic rings. The van der Waals surface area contributed by atoms with Gasteiger partial charge in [0, 0.05) is 6.42 Å². The third kappa shape index (κ3) is 1.57. The minimum absolute atomic E-state index is 0.329. The van der Waals surface area contributed by atoms with E-state index in [1.165, 1.54) is 0 Å². The average molecular weight is 144 g/mol. The molecular formula is C5H8N2O3. The van der Waals surface area contributed by atoms with Crippen LogP contribution in [0.1, 0.15) is 6.42 Å². The molecule has 10 heavy (non-hydrogen) atoms. The summed E-state index contributed by atoms with van der Waals surface area (Å²) in [4.78, 5) is 19.9. The summed E-state index contributed by atoms with van der Waals surface area (Å²) in [6.07, 6.45) is 0.438. The number of ether oxygens (including phenoxy) is 1. The first-order valence-electron chi connectivity index (χ1n) is 3.09. The molecule has 5 nitrogen and oxygen atoms in total. The van der Waals surface area contributed by atoms with Gasteiger partial charge in [-0.15, -0.1) is 0 Å². The van der Waals surface area contributed by atoms with Gasteiger partial charge in [-0.2, -0.15) is 9.81 Å². The molecular weight excluding hydrogens is 136 g/mol. The second-order valence-electron chi connectivity index (χ2n) is 2.29. The molecule has 0 unspecified atom stereocenters. The quantitative estimate of drug-likeness (QED) is 0.535. The Hall–Kier alpha value is -0.840. The van der Waals surface area contributed by atoms with Gasteiger partial charge in [0.1, 0.15) is 12.1 Å². The predicted molar refractivity (Wildman–Crippen MR) is 34.6 cm³/mol. The molecule has 0 aromatic carbocycles. The Bertz CT molecular complexity index is 125. The SMILES string of the molecule is O=N[C@@H]1COC[C@H](N=O)C1. The van der Waals surface area contributed by atoms with E-state index in [1.54, 1.807) is 0 Å². The second kappa shape index (κ2) is 3.36. The van der Waals surface area contributed by atoms with Crippen molar-refractivity contribution in [3.63, 3.8) is 0 Å². The summed E-state index contributed by atoms with van der Waals surface area (Å²) in [6.45, 7) is 0.658. The Morgan fingerprint density at radius 2 is 1.60 bits per heavy atom. The molecule has 0 bridgehead atoms. The van der Waals surface area contributed by atoms with Crippen molar-refractivity contribution >= 4 is 0 Å². The Morgan fingerprint density at radius 1 is 1.10 bits per heavy atom. The van der Waals surface area contributed by atoms with Crippen LogP contribution in [0.15, 0.2) is 10.4 Å². The molecule has 1 aliphatic rings. The van der Waals surface area contributed by atoms with E-state index in [9.17, 15) is 9.81 Å². The highest BCUT2D eigenvalue weighted by molar-refractivity contribution is 4.79. The standard InChI is InChI=1S/C5H8N2O3/c8-6-4-1-5(7-9)3-10-2-4/h4-5H,1-3H2/t4-,5+. The van der Waals surface area contributed by atoms with E-state index < -0.39 is 0 Å². The molecule has 2 atom stereocenters. The van der Waals surface area contributed by atoms with Crippen LogP contribution in [0, 0.1) is 9.81 Å². The van der Waals surface area contributed by atoms with Crippen LogP contribution in [0.5, 0.6) is 0 Å². The molecule has 56 valence electrons. The fraction of sp³-hybridized carbons (Fsp3) is 1.00. The Balaban J connectivity index is 2.38. The first-order valence-corrected chi connectivity index (χ1v) is 3.09. The van der Waals surface area contributed by atoms with Crippen molar-refractivity contribution in [2.45, 2.75) is 18.5 Å². The highest BCUT2D eigenvalue weighted by atomic mass is 16.5. The van der Waals surface area contributed by atoms with E-state index in [4.69, 9.17) is 4.74 Å². The highest BCUT2D eigenvalue weighted by Crippen LogP contribution is 2.12. The van der Waals surface area contributed by atoms with Crippen LogP contribution in [-0.4, -0.2) is 25.3 Å². The van der Waals surface area contributed by atoms with Gasteiger partial charge < -0.3 is 4.74 Å². The maximum absolute atomic E-state index is 9.95. The lowest BCUT2D eigenvalue weighted by molar-refractivity contribution is 0.0684. The molecule has 1 rings (SSSR count). The van der Waals surface area contributed by atoms with E-state index >= 15 is 0 Å². The third-order valence-electron chi connectivity index (χ3n) is 1.46. The zero-order valence-corrected chi connectivity index (χ0v) is 5.40. The van der Waals surface area contributed by atoms with Crippen LogP contribution < -0.4 is 0 Å². The molecule has 5 heteroatoms. The van der Waals surface area contributed by atoms with Crippen LogP contribution in [0.25, 0.3) is 0 Å². The van der Waals surface area contributed by atoms with Crippen LogP contribution in [0.3, 0.4) is 0 Å². The second-order valence-corrected chi connectivity index (χ2v) is 2.29. The van der Waals surface area contributed by atoms with Gasteiger partial charge in [-0.25, -0.2) is 0 Å². The van der Waals surface area contributed by atoms with Crippen molar-refractivity contribution in [3.8, 4) is 0 Å². The molecule has 0 spiro atoms. The summed E-state index contributed by atoms with van der Waals surface area (Å²) in [7, 11) is 0. The maximum Gasteiger partial charge on any atom is 0.117 e. The molecule has 0 amide bonds. The van der Waals surface area contributed by atoms with E-state index in [0.29, 0.717) is 19.6 Å². The largest absolute Gasteiger partial charge is 0.377 e. The van der Waals surface area contributed by atoms with Crippen molar-refractivity contribution in [3.05, 3.63) is 9.81 Å². The molecule has 1 fully saturated rings. The first-order chi connectivity index (χ1) is 4.86. The van der Waals surface area contributed by atoms with Crippen molar-refractivity contribution in [1.82, 2.24) is 0 Å². The molecule has 0 radical (unpaired) electrons. The van der Waals surface area contributed by atoms with Gasteiger partial charge in [0.15, 0.2) is 0 Å². The van der Waals surface area contributed by atoms with Crippen molar-refractivity contribution < 1.29 is 4.74 Å². The minimum Gasteiger partial charge on any atom is -0.377 e. The summed E-state index contributed by atoms with van der Waals surface area (Å²) in [5.41, 5.74) is 0. The van der Waals surface area contributed by atoms with Crippen molar-refractivity contribution in [2.24, 2.45) is 10.4 Å². The number of nitrogens with zero attached hydrogens (tertiary/aromatic N) is 2. The van der Waals surface area contributed by atoms with Gasteiger partial charge in [0.05, 0.1) is 13.2 Å². The van der Waals surface area contributed by atoms with E-state index in [2.05, 4.69) is 10.4 Å². The van der Waals surface area contributed by atoms with Gasteiger partial charge in [-0.3, -0.25) is 0 Å². The van der Waals surface area contributed by atoms with Crippen molar-refractivity contribution in [2.75, 3.05) is 13.2 Å².